The van der Waals surface area contributed by atoms with Gasteiger partial charge in [-0.15, -0.1) is 0 Å². The van der Waals surface area contributed by atoms with Crippen molar-refractivity contribution >= 4 is 46.0 Å². The third-order valence-electron chi connectivity index (χ3n) is 10.7. The molecule has 8 rings (SSSR count). The topological polar surface area (TPSA) is 72.9 Å². The number of methoxy groups -OCH3 is 2. The summed E-state index contributed by atoms with van der Waals surface area (Å²) in [5.74, 6) is -3.57. The van der Waals surface area contributed by atoms with E-state index >= 15 is 14.4 Å². The molecular formula is C42H29ClF3NO5. The molecule has 1 heterocycles. The van der Waals surface area contributed by atoms with Gasteiger partial charge in [-0.3, -0.25) is 14.4 Å². The van der Waals surface area contributed by atoms with Gasteiger partial charge in [0.2, 0.25) is 11.8 Å². The van der Waals surface area contributed by atoms with E-state index in [1.54, 1.807) is 84.9 Å². The first-order valence-electron chi connectivity index (χ1n) is 16.5. The Kier molecular flexibility index (Phi) is 7.69. The minimum atomic E-state index is -4.78. The zero-order chi connectivity index (χ0) is 36.6. The smallest absolute Gasteiger partial charge is 0.416 e. The van der Waals surface area contributed by atoms with E-state index in [4.69, 9.17) is 21.1 Å². The third-order valence-corrected chi connectivity index (χ3v) is 11.0. The highest BCUT2D eigenvalue weighted by atomic mass is 35.5. The second kappa shape index (κ2) is 12.0. The maximum atomic E-state index is 16.0. The molecule has 4 atom stereocenters. The van der Waals surface area contributed by atoms with Gasteiger partial charge in [-0.1, -0.05) is 96.5 Å². The monoisotopic (exact) mass is 719 g/mol. The van der Waals surface area contributed by atoms with Crippen molar-refractivity contribution in [1.82, 2.24) is 0 Å². The molecule has 1 saturated heterocycles. The molecule has 3 aliphatic rings. The van der Waals surface area contributed by atoms with Crippen molar-refractivity contribution < 1.29 is 37.0 Å². The fourth-order valence-electron chi connectivity index (χ4n) is 8.74. The van der Waals surface area contributed by atoms with Gasteiger partial charge < -0.3 is 9.47 Å². The fourth-order valence-corrected chi connectivity index (χ4v) is 8.94. The van der Waals surface area contributed by atoms with Gasteiger partial charge in [-0.05, 0) is 75.9 Å². The van der Waals surface area contributed by atoms with Crippen molar-refractivity contribution in [3.63, 3.8) is 0 Å². The highest BCUT2D eigenvalue weighted by molar-refractivity contribution is 6.41. The number of allylic oxidation sites excluding steroid dienone is 2. The van der Waals surface area contributed by atoms with Crippen LogP contribution in [0.25, 0.3) is 11.1 Å². The van der Waals surface area contributed by atoms with Crippen LogP contribution in [0.1, 0.15) is 27.8 Å². The molecule has 10 heteroatoms. The molecular weight excluding hydrogens is 691 g/mol. The second-order valence-corrected chi connectivity index (χ2v) is 13.4. The van der Waals surface area contributed by atoms with Crippen LogP contribution in [0.4, 0.5) is 18.9 Å². The van der Waals surface area contributed by atoms with Crippen LogP contribution in [0.15, 0.2) is 127 Å². The van der Waals surface area contributed by atoms with Crippen molar-refractivity contribution in [3.05, 3.63) is 160 Å². The number of benzene rings is 5. The summed E-state index contributed by atoms with van der Waals surface area (Å²) < 4.78 is 53.1. The number of ether oxygens (including phenoxy) is 2. The van der Waals surface area contributed by atoms with Crippen molar-refractivity contribution in [2.24, 2.45) is 11.8 Å². The fraction of sp³-hybridized carbons (Fsp3) is 0.167. The molecule has 2 amide bonds. The van der Waals surface area contributed by atoms with Crippen LogP contribution in [0.5, 0.6) is 11.5 Å². The molecule has 6 nitrogen and oxygen atoms in total. The van der Waals surface area contributed by atoms with Gasteiger partial charge in [-0.2, -0.15) is 13.2 Å². The third kappa shape index (κ3) is 4.41. The lowest BCUT2D eigenvalue weighted by Gasteiger charge is -2.39. The van der Waals surface area contributed by atoms with E-state index < -0.39 is 51.9 Å². The average molecular weight is 720 g/mol. The molecule has 1 saturated carbocycles. The number of anilines is 1. The zero-order valence-corrected chi connectivity index (χ0v) is 28.5. The lowest BCUT2D eigenvalue weighted by Crippen LogP contribution is -2.45. The number of nitrogens with zero attached hydrogens (tertiary/aromatic N) is 1. The number of hydrogen-bond acceptors (Lipinski definition) is 5. The Bertz CT molecular complexity index is 2160. The number of fused-ring (bicyclic) bond motifs is 5. The molecule has 5 aromatic carbocycles. The molecule has 2 aliphatic carbocycles. The summed E-state index contributed by atoms with van der Waals surface area (Å²) in [5.41, 5.74) is -1.80. The number of ketones is 1. The molecule has 0 spiro atoms. The Morgan fingerprint density at radius 1 is 0.615 bits per heavy atom. The number of halogens is 4. The zero-order valence-electron chi connectivity index (χ0n) is 27.8. The van der Waals surface area contributed by atoms with Crippen LogP contribution in [0.2, 0.25) is 5.02 Å². The van der Waals surface area contributed by atoms with Crippen LogP contribution in [-0.4, -0.2) is 31.8 Å². The summed E-state index contributed by atoms with van der Waals surface area (Å²) in [6.07, 6.45) is -4.78. The van der Waals surface area contributed by atoms with Crippen molar-refractivity contribution in [2.75, 3.05) is 19.1 Å². The van der Waals surface area contributed by atoms with E-state index in [2.05, 4.69) is 0 Å². The summed E-state index contributed by atoms with van der Waals surface area (Å²) in [6, 6.07) is 34.5. The van der Waals surface area contributed by atoms with Gasteiger partial charge in [0.15, 0.2) is 5.78 Å². The summed E-state index contributed by atoms with van der Waals surface area (Å²) in [4.78, 5) is 47.1. The second-order valence-electron chi connectivity index (χ2n) is 13.0. The number of imide groups is 1. The Morgan fingerprint density at radius 2 is 1.04 bits per heavy atom. The van der Waals surface area contributed by atoms with Crippen molar-refractivity contribution in [1.29, 1.82) is 0 Å². The Labute approximate surface area is 302 Å². The van der Waals surface area contributed by atoms with E-state index in [1.165, 1.54) is 14.2 Å². The van der Waals surface area contributed by atoms with Gasteiger partial charge in [0.25, 0.3) is 0 Å². The van der Waals surface area contributed by atoms with E-state index in [1.807, 2.05) is 24.3 Å². The molecule has 260 valence electrons. The lowest BCUT2D eigenvalue weighted by molar-refractivity contribution is -0.137. The van der Waals surface area contributed by atoms with Gasteiger partial charge in [-0.25, -0.2) is 4.90 Å². The molecule has 5 aromatic rings. The molecule has 0 N–H and O–H groups in total. The van der Waals surface area contributed by atoms with Crippen molar-refractivity contribution in [2.45, 2.75) is 17.0 Å². The van der Waals surface area contributed by atoms with E-state index in [0.29, 0.717) is 44.9 Å². The minimum Gasteiger partial charge on any atom is -0.497 e. The number of rotatable bonds is 7. The summed E-state index contributed by atoms with van der Waals surface area (Å²) >= 11 is 6.53. The molecule has 0 radical (unpaired) electrons. The average Bonchev–Trinajstić information content (AvgIpc) is 3.67. The number of carbonyl (C=O) groups excluding carboxylic acids is 3. The van der Waals surface area contributed by atoms with Crippen molar-refractivity contribution in [3.8, 4) is 11.5 Å². The highest BCUT2D eigenvalue weighted by Gasteiger charge is 2.82. The first kappa shape index (κ1) is 33.5. The van der Waals surface area contributed by atoms with Crippen LogP contribution in [-0.2, 0) is 31.4 Å². The summed E-state index contributed by atoms with van der Waals surface area (Å²) in [5, 5.41) is -0.213. The molecule has 2 bridgehead atoms. The Balaban J connectivity index is 1.52. The molecule has 0 unspecified atom stereocenters. The molecule has 0 aromatic heterocycles. The lowest BCUT2D eigenvalue weighted by atomic mass is 9.59. The number of carbonyl (C=O) groups is 3. The first-order valence-corrected chi connectivity index (χ1v) is 16.8. The summed E-state index contributed by atoms with van der Waals surface area (Å²) in [7, 11) is 3.07. The maximum absolute atomic E-state index is 16.0. The maximum Gasteiger partial charge on any atom is 0.416 e. The molecule has 1 aliphatic heterocycles. The van der Waals surface area contributed by atoms with E-state index in [0.717, 1.165) is 23.1 Å². The van der Waals surface area contributed by atoms with Gasteiger partial charge in [0.1, 0.15) is 11.5 Å². The van der Waals surface area contributed by atoms with Crippen LogP contribution < -0.4 is 14.4 Å². The normalized spacial score (nSPS) is 23.7. The number of alkyl halides is 3. The van der Waals surface area contributed by atoms with Gasteiger partial charge >= 0.3 is 6.18 Å². The van der Waals surface area contributed by atoms with Gasteiger partial charge in [0.05, 0.1) is 53.2 Å². The molecule has 2 fully saturated rings. The quantitative estimate of drug-likeness (QED) is 0.158. The Hall–Kier alpha value is -5.67. The van der Waals surface area contributed by atoms with E-state index in [9.17, 15) is 13.2 Å². The highest BCUT2D eigenvalue weighted by Crippen LogP contribution is 2.74. The first-order chi connectivity index (χ1) is 25.0. The van der Waals surface area contributed by atoms with Crippen LogP contribution >= 0.6 is 11.6 Å². The molecule has 52 heavy (non-hydrogen) atoms. The SMILES string of the molecule is COc1ccc(C2=C(c3ccc(OC)cc3)[C@@]3(c4ccccc4)C(=O)[C@@]2(c2ccccc2)[C@@H]2C(=O)N(c4cc(C(F)(F)F)ccc4Cl)C(=O)[C@@H]23)cc1. The standard InChI is InChI=1S/C42H29ClF3NO5/c1-51-29-18-13-24(14-19-29)33-34(25-15-20-30(52-2)21-16-25)41(27-11-7-4-8-12-27)36-35(40(33,39(41)50)26-9-5-3-6-10-26)37(48)47(38(36)49)32-23-28(42(44,45)46)17-22-31(32)43/h3-23,35-36H,1-2H3/t35-,36+,40-,41-/m1/s1. The van der Waals surface area contributed by atoms with E-state index in [-0.39, 0.29) is 10.8 Å². The van der Waals surface area contributed by atoms with Crippen LogP contribution in [0, 0.1) is 11.8 Å². The Morgan fingerprint density at radius 3 is 1.42 bits per heavy atom. The number of Topliss-reactive ketones (excluding diaryl/α,β-unsaturated/α-hetero) is 1. The number of amides is 2. The summed E-state index contributed by atoms with van der Waals surface area (Å²) in [6.45, 7) is 0. The predicted molar refractivity (Wildman–Crippen MR) is 190 cm³/mol. The van der Waals surface area contributed by atoms with Crippen LogP contribution in [0.3, 0.4) is 0 Å². The minimum absolute atomic E-state index is 0.213. The predicted octanol–water partition coefficient (Wildman–Crippen LogP) is 8.56. The number of hydrogen-bond donors (Lipinski definition) is 0. The largest absolute Gasteiger partial charge is 0.497 e. The van der Waals surface area contributed by atoms with Gasteiger partial charge in [0, 0.05) is 0 Å².